The monoisotopic (exact) mass is 343 g/mol. The third-order valence-electron chi connectivity index (χ3n) is 5.35. The van der Waals surface area contributed by atoms with Gasteiger partial charge in [-0.3, -0.25) is 19.1 Å². The van der Waals surface area contributed by atoms with Gasteiger partial charge in [0.2, 0.25) is 5.91 Å². The minimum absolute atomic E-state index is 0.251. The number of fused-ring (bicyclic) bond motifs is 1. The van der Waals surface area contributed by atoms with Crippen molar-refractivity contribution in [1.29, 1.82) is 0 Å². The van der Waals surface area contributed by atoms with Crippen LogP contribution in [0, 0.1) is 5.92 Å². The van der Waals surface area contributed by atoms with Crippen molar-refractivity contribution in [3.8, 4) is 0 Å². The molecule has 8 heteroatoms. The van der Waals surface area contributed by atoms with E-state index in [0.717, 1.165) is 63.6 Å². The molecular formula is C17H25N7O. The number of anilines is 1. The van der Waals surface area contributed by atoms with Crippen molar-refractivity contribution in [1.82, 2.24) is 29.8 Å². The summed E-state index contributed by atoms with van der Waals surface area (Å²) in [6, 6.07) is 0. The van der Waals surface area contributed by atoms with E-state index in [1.165, 1.54) is 12.8 Å². The largest absolute Gasteiger partial charge is 0.355 e. The molecule has 1 aliphatic heterocycles. The molecule has 25 heavy (non-hydrogen) atoms. The number of amides is 1. The predicted molar refractivity (Wildman–Crippen MR) is 94.4 cm³/mol. The van der Waals surface area contributed by atoms with Gasteiger partial charge in [-0.15, -0.1) is 10.2 Å². The zero-order valence-corrected chi connectivity index (χ0v) is 14.5. The van der Waals surface area contributed by atoms with Crippen molar-refractivity contribution < 1.29 is 4.79 Å². The first-order valence-electron chi connectivity index (χ1n) is 9.20. The molecule has 0 atom stereocenters. The molecule has 1 saturated carbocycles. The lowest BCUT2D eigenvalue weighted by atomic mass is 10.1. The summed E-state index contributed by atoms with van der Waals surface area (Å²) in [5.74, 6) is 1.55. The molecule has 0 aromatic carbocycles. The Kier molecular flexibility index (Phi) is 4.78. The standard InChI is InChI=1S/C17H25N7O/c25-17(14-3-1-2-4-14)19-5-6-22-7-9-23(10-8-22)16-12-18-11-15-21-20-13-24(15)16/h11-14H,1-10H2,(H,19,25). The summed E-state index contributed by atoms with van der Waals surface area (Å²) in [6.07, 6.45) is 9.85. The van der Waals surface area contributed by atoms with Crippen molar-refractivity contribution >= 4 is 17.4 Å². The molecule has 4 rings (SSSR count). The van der Waals surface area contributed by atoms with Crippen LogP contribution >= 0.6 is 0 Å². The summed E-state index contributed by atoms with van der Waals surface area (Å²) in [6.45, 7) is 5.51. The smallest absolute Gasteiger partial charge is 0.223 e. The lowest BCUT2D eigenvalue weighted by molar-refractivity contribution is -0.124. The number of rotatable bonds is 5. The van der Waals surface area contributed by atoms with Crippen molar-refractivity contribution in [2.45, 2.75) is 25.7 Å². The third kappa shape index (κ3) is 3.58. The van der Waals surface area contributed by atoms with Gasteiger partial charge in [-0.2, -0.15) is 0 Å². The van der Waals surface area contributed by atoms with Gasteiger partial charge in [0.25, 0.3) is 0 Å². The van der Waals surface area contributed by atoms with Gasteiger partial charge < -0.3 is 10.2 Å². The average molecular weight is 343 g/mol. The highest BCUT2D eigenvalue weighted by Crippen LogP contribution is 2.24. The number of nitrogens with one attached hydrogen (secondary N) is 1. The van der Waals surface area contributed by atoms with Crippen LogP contribution in [0.25, 0.3) is 5.65 Å². The first-order valence-corrected chi connectivity index (χ1v) is 9.20. The highest BCUT2D eigenvalue weighted by atomic mass is 16.1. The van der Waals surface area contributed by atoms with E-state index in [0.29, 0.717) is 0 Å². The van der Waals surface area contributed by atoms with Gasteiger partial charge in [-0.25, -0.2) is 0 Å². The normalized spacial score (nSPS) is 19.6. The Hall–Kier alpha value is -2.22. The van der Waals surface area contributed by atoms with Crippen LogP contribution in [-0.4, -0.2) is 69.7 Å². The second kappa shape index (κ2) is 7.35. The van der Waals surface area contributed by atoms with E-state index in [2.05, 4.69) is 30.3 Å². The summed E-state index contributed by atoms with van der Waals surface area (Å²) in [4.78, 5) is 21.0. The van der Waals surface area contributed by atoms with Gasteiger partial charge in [-0.05, 0) is 12.8 Å². The van der Waals surface area contributed by atoms with E-state index in [1.54, 1.807) is 12.5 Å². The van der Waals surface area contributed by atoms with Gasteiger partial charge in [0, 0.05) is 45.2 Å². The van der Waals surface area contributed by atoms with Crippen molar-refractivity contribution in [3.63, 3.8) is 0 Å². The minimum Gasteiger partial charge on any atom is -0.355 e. The summed E-state index contributed by atoms with van der Waals surface area (Å²) >= 11 is 0. The Morgan fingerprint density at radius 2 is 1.96 bits per heavy atom. The Morgan fingerprint density at radius 3 is 2.76 bits per heavy atom. The maximum atomic E-state index is 12.1. The zero-order chi connectivity index (χ0) is 17.1. The highest BCUT2D eigenvalue weighted by Gasteiger charge is 2.23. The summed E-state index contributed by atoms with van der Waals surface area (Å²) < 4.78 is 1.98. The fraction of sp³-hybridized carbons (Fsp3) is 0.647. The second-order valence-electron chi connectivity index (χ2n) is 6.93. The highest BCUT2D eigenvalue weighted by molar-refractivity contribution is 5.78. The molecule has 0 radical (unpaired) electrons. The SMILES string of the molecule is O=C(NCCN1CCN(c2cncc3nncn23)CC1)C1CCCC1. The number of piperazine rings is 1. The van der Waals surface area contributed by atoms with E-state index < -0.39 is 0 Å². The number of hydrogen-bond donors (Lipinski definition) is 1. The number of carbonyl (C=O) groups is 1. The lowest BCUT2D eigenvalue weighted by Crippen LogP contribution is -2.49. The van der Waals surface area contributed by atoms with E-state index in [9.17, 15) is 4.79 Å². The summed E-state index contributed by atoms with van der Waals surface area (Å²) in [7, 11) is 0. The Labute approximate surface area is 147 Å². The van der Waals surface area contributed by atoms with Crippen LogP contribution in [-0.2, 0) is 4.79 Å². The van der Waals surface area contributed by atoms with E-state index in [4.69, 9.17) is 0 Å². The fourth-order valence-corrected chi connectivity index (χ4v) is 3.85. The quantitative estimate of drug-likeness (QED) is 0.854. The van der Waals surface area contributed by atoms with Crippen LogP contribution in [0.1, 0.15) is 25.7 Å². The molecule has 1 N–H and O–H groups in total. The van der Waals surface area contributed by atoms with Gasteiger partial charge in [0.1, 0.15) is 12.1 Å². The molecular weight excluding hydrogens is 318 g/mol. The number of nitrogens with zero attached hydrogens (tertiary/aromatic N) is 6. The van der Waals surface area contributed by atoms with Crippen molar-refractivity contribution in [3.05, 3.63) is 18.7 Å². The molecule has 3 heterocycles. The number of aromatic nitrogens is 4. The zero-order valence-electron chi connectivity index (χ0n) is 14.5. The van der Waals surface area contributed by atoms with Crippen LogP contribution in [0.2, 0.25) is 0 Å². The number of hydrogen-bond acceptors (Lipinski definition) is 6. The minimum atomic E-state index is 0.251. The Bertz CT molecular complexity index is 717. The third-order valence-corrected chi connectivity index (χ3v) is 5.35. The average Bonchev–Trinajstić information content (AvgIpc) is 3.33. The molecule has 0 unspecified atom stereocenters. The Balaban J connectivity index is 1.24. The molecule has 8 nitrogen and oxygen atoms in total. The van der Waals surface area contributed by atoms with Crippen LogP contribution in [0.3, 0.4) is 0 Å². The maximum Gasteiger partial charge on any atom is 0.223 e. The number of carbonyl (C=O) groups excluding carboxylic acids is 1. The topological polar surface area (TPSA) is 78.7 Å². The van der Waals surface area contributed by atoms with E-state index in [-0.39, 0.29) is 11.8 Å². The van der Waals surface area contributed by atoms with Crippen molar-refractivity contribution in [2.24, 2.45) is 5.92 Å². The molecule has 2 fully saturated rings. The molecule has 1 amide bonds. The van der Waals surface area contributed by atoms with Crippen molar-refractivity contribution in [2.75, 3.05) is 44.2 Å². The molecule has 0 bridgehead atoms. The molecule has 0 spiro atoms. The predicted octanol–water partition coefficient (Wildman–Crippen LogP) is 0.553. The van der Waals surface area contributed by atoms with Crippen LogP contribution in [0.5, 0.6) is 0 Å². The van der Waals surface area contributed by atoms with Crippen LogP contribution < -0.4 is 10.2 Å². The molecule has 2 aromatic heterocycles. The Morgan fingerprint density at radius 1 is 1.16 bits per heavy atom. The van der Waals surface area contributed by atoms with Gasteiger partial charge in [-0.1, -0.05) is 12.8 Å². The first-order chi connectivity index (χ1) is 12.3. The summed E-state index contributed by atoms with van der Waals surface area (Å²) in [5, 5.41) is 11.1. The maximum absolute atomic E-state index is 12.1. The second-order valence-corrected chi connectivity index (χ2v) is 6.93. The van der Waals surface area contributed by atoms with Gasteiger partial charge >= 0.3 is 0 Å². The summed E-state index contributed by atoms with van der Waals surface area (Å²) in [5.41, 5.74) is 0.773. The first kappa shape index (κ1) is 16.3. The van der Waals surface area contributed by atoms with Crippen LogP contribution in [0.4, 0.5) is 5.82 Å². The van der Waals surface area contributed by atoms with Crippen LogP contribution in [0.15, 0.2) is 18.7 Å². The lowest BCUT2D eigenvalue weighted by Gasteiger charge is -2.35. The van der Waals surface area contributed by atoms with Gasteiger partial charge in [0.15, 0.2) is 5.65 Å². The molecule has 1 aliphatic carbocycles. The molecule has 2 aliphatic rings. The van der Waals surface area contributed by atoms with E-state index in [1.807, 2.05) is 10.6 Å². The molecule has 134 valence electrons. The van der Waals surface area contributed by atoms with E-state index >= 15 is 0 Å². The molecule has 2 aromatic rings. The fourth-order valence-electron chi connectivity index (χ4n) is 3.85. The molecule has 1 saturated heterocycles. The van der Waals surface area contributed by atoms with Gasteiger partial charge in [0.05, 0.1) is 12.4 Å².